The van der Waals surface area contributed by atoms with Gasteiger partial charge in [0.1, 0.15) is 17.2 Å². The molecule has 130 valence electrons. The van der Waals surface area contributed by atoms with E-state index < -0.39 is 12.1 Å². The first-order valence-electron chi connectivity index (χ1n) is 7.57. The summed E-state index contributed by atoms with van der Waals surface area (Å²) in [6, 6.07) is 11.7. The second-order valence-corrected chi connectivity index (χ2v) is 5.39. The average Bonchev–Trinajstić information content (AvgIpc) is 2.65. The Morgan fingerprint density at radius 2 is 1.92 bits per heavy atom. The molecule has 1 aliphatic rings. The minimum absolute atomic E-state index is 0.0969. The summed E-state index contributed by atoms with van der Waals surface area (Å²) in [5, 5.41) is 9.30. The zero-order valence-corrected chi connectivity index (χ0v) is 13.8. The molecular weight excluding hydrogens is 326 g/mol. The number of anilines is 1. The van der Waals surface area contributed by atoms with E-state index in [1.807, 2.05) is 0 Å². The lowest BCUT2D eigenvalue weighted by Crippen LogP contribution is -2.47. The molecule has 0 saturated carbocycles. The summed E-state index contributed by atoms with van der Waals surface area (Å²) in [6.45, 7) is -0.0969. The number of para-hydroxylation sites is 2. The Bertz CT molecular complexity index is 819. The van der Waals surface area contributed by atoms with Gasteiger partial charge in [-0.1, -0.05) is 12.1 Å². The molecule has 1 amide bonds. The predicted molar refractivity (Wildman–Crippen MR) is 89.7 cm³/mol. The SMILES string of the molecule is COc1ccc(C(=O)N2CC(C(=O)O)Oc3ccccc32)c(OC)c1. The molecule has 7 heteroatoms. The highest BCUT2D eigenvalue weighted by molar-refractivity contribution is 6.09. The number of fused-ring (bicyclic) bond motifs is 1. The van der Waals surface area contributed by atoms with Crippen molar-refractivity contribution in [2.45, 2.75) is 6.10 Å². The molecule has 0 aliphatic carbocycles. The van der Waals surface area contributed by atoms with Gasteiger partial charge in [-0.05, 0) is 24.3 Å². The van der Waals surface area contributed by atoms with Crippen molar-refractivity contribution in [3.63, 3.8) is 0 Å². The van der Waals surface area contributed by atoms with Crippen molar-refractivity contribution in [2.24, 2.45) is 0 Å². The topological polar surface area (TPSA) is 85.3 Å². The van der Waals surface area contributed by atoms with E-state index in [1.54, 1.807) is 42.5 Å². The third-order valence-corrected chi connectivity index (χ3v) is 3.93. The van der Waals surface area contributed by atoms with Crippen LogP contribution in [0.1, 0.15) is 10.4 Å². The van der Waals surface area contributed by atoms with E-state index >= 15 is 0 Å². The highest BCUT2D eigenvalue weighted by Crippen LogP contribution is 2.35. The van der Waals surface area contributed by atoms with Crippen LogP contribution in [0.5, 0.6) is 17.2 Å². The van der Waals surface area contributed by atoms with E-state index in [0.29, 0.717) is 28.5 Å². The minimum Gasteiger partial charge on any atom is -0.497 e. The second kappa shape index (κ2) is 6.72. The molecule has 1 atom stereocenters. The summed E-state index contributed by atoms with van der Waals surface area (Å²) in [5.74, 6) is -0.253. The van der Waals surface area contributed by atoms with Gasteiger partial charge in [0, 0.05) is 6.07 Å². The molecular formula is C18H17NO6. The maximum Gasteiger partial charge on any atom is 0.346 e. The zero-order chi connectivity index (χ0) is 18.0. The standard InChI is InChI=1S/C18H17NO6/c1-23-11-7-8-12(15(9-11)24-2)17(20)19-10-16(18(21)22)25-14-6-4-3-5-13(14)19/h3-9,16H,10H2,1-2H3,(H,21,22). The van der Waals surface area contributed by atoms with Crippen molar-refractivity contribution in [1.29, 1.82) is 0 Å². The number of methoxy groups -OCH3 is 2. The number of benzene rings is 2. The van der Waals surface area contributed by atoms with Crippen LogP contribution in [0.25, 0.3) is 0 Å². The van der Waals surface area contributed by atoms with E-state index in [-0.39, 0.29) is 12.5 Å². The van der Waals surface area contributed by atoms with Crippen molar-refractivity contribution in [3.8, 4) is 17.2 Å². The molecule has 0 spiro atoms. The molecule has 2 aromatic rings. The first-order valence-corrected chi connectivity index (χ1v) is 7.57. The van der Waals surface area contributed by atoms with E-state index in [2.05, 4.69) is 0 Å². The van der Waals surface area contributed by atoms with E-state index in [9.17, 15) is 14.7 Å². The first kappa shape index (κ1) is 16.6. The van der Waals surface area contributed by atoms with Gasteiger partial charge in [-0.25, -0.2) is 4.79 Å². The Morgan fingerprint density at radius 3 is 2.60 bits per heavy atom. The lowest BCUT2D eigenvalue weighted by Gasteiger charge is -2.33. The van der Waals surface area contributed by atoms with Gasteiger partial charge in [0.25, 0.3) is 5.91 Å². The highest BCUT2D eigenvalue weighted by atomic mass is 16.5. The number of carbonyl (C=O) groups is 2. The maximum atomic E-state index is 13.1. The van der Waals surface area contributed by atoms with Crippen LogP contribution in [-0.2, 0) is 4.79 Å². The molecule has 1 unspecified atom stereocenters. The van der Waals surface area contributed by atoms with Gasteiger partial charge in [-0.15, -0.1) is 0 Å². The summed E-state index contributed by atoms with van der Waals surface area (Å²) in [7, 11) is 2.98. The molecule has 0 saturated heterocycles. The van der Waals surface area contributed by atoms with Gasteiger partial charge >= 0.3 is 5.97 Å². The largest absolute Gasteiger partial charge is 0.497 e. The second-order valence-electron chi connectivity index (χ2n) is 5.39. The van der Waals surface area contributed by atoms with Gasteiger partial charge in [-0.2, -0.15) is 0 Å². The van der Waals surface area contributed by atoms with E-state index in [0.717, 1.165) is 0 Å². The van der Waals surface area contributed by atoms with Crippen LogP contribution >= 0.6 is 0 Å². The van der Waals surface area contributed by atoms with Crippen LogP contribution in [0.15, 0.2) is 42.5 Å². The number of aliphatic carboxylic acids is 1. The number of ether oxygens (including phenoxy) is 3. The summed E-state index contributed by atoms with van der Waals surface area (Å²) >= 11 is 0. The third-order valence-electron chi connectivity index (χ3n) is 3.93. The number of carboxylic acid groups (broad SMARTS) is 1. The summed E-state index contributed by atoms with van der Waals surface area (Å²) in [5.41, 5.74) is 0.826. The summed E-state index contributed by atoms with van der Waals surface area (Å²) in [6.07, 6.45) is -1.14. The van der Waals surface area contributed by atoms with Gasteiger partial charge in [0.2, 0.25) is 6.10 Å². The average molecular weight is 343 g/mol. The highest BCUT2D eigenvalue weighted by Gasteiger charge is 2.34. The van der Waals surface area contributed by atoms with Crippen molar-refractivity contribution in [3.05, 3.63) is 48.0 Å². The van der Waals surface area contributed by atoms with Crippen molar-refractivity contribution < 1.29 is 28.9 Å². The Kier molecular flexibility index (Phi) is 4.47. The predicted octanol–water partition coefficient (Wildman–Crippen LogP) is 2.20. The number of amides is 1. The fourth-order valence-corrected chi connectivity index (χ4v) is 2.68. The Morgan fingerprint density at radius 1 is 1.16 bits per heavy atom. The Balaban J connectivity index is 2.03. The molecule has 3 rings (SSSR count). The van der Waals surface area contributed by atoms with Crippen molar-refractivity contribution >= 4 is 17.6 Å². The molecule has 0 bridgehead atoms. The van der Waals surface area contributed by atoms with Crippen LogP contribution in [0.4, 0.5) is 5.69 Å². The van der Waals surface area contributed by atoms with Crippen LogP contribution < -0.4 is 19.1 Å². The van der Waals surface area contributed by atoms with Crippen LogP contribution in [-0.4, -0.2) is 43.9 Å². The third kappa shape index (κ3) is 3.08. The maximum absolute atomic E-state index is 13.1. The van der Waals surface area contributed by atoms with Crippen molar-refractivity contribution in [1.82, 2.24) is 0 Å². The van der Waals surface area contributed by atoms with Gasteiger partial charge in [-0.3, -0.25) is 4.79 Å². The Hall–Kier alpha value is -3.22. The molecule has 1 aliphatic heterocycles. The van der Waals surface area contributed by atoms with Gasteiger partial charge < -0.3 is 24.2 Å². The monoisotopic (exact) mass is 343 g/mol. The molecule has 0 radical (unpaired) electrons. The normalized spacial score (nSPS) is 15.8. The van der Waals surface area contributed by atoms with Gasteiger partial charge in [0.05, 0.1) is 32.0 Å². The van der Waals surface area contributed by atoms with Crippen molar-refractivity contribution in [2.75, 3.05) is 25.7 Å². The minimum atomic E-state index is -1.14. The van der Waals surface area contributed by atoms with Crippen LogP contribution in [0.2, 0.25) is 0 Å². The molecule has 0 aromatic heterocycles. The van der Waals surface area contributed by atoms with Crippen LogP contribution in [0.3, 0.4) is 0 Å². The zero-order valence-electron chi connectivity index (χ0n) is 13.8. The summed E-state index contributed by atoms with van der Waals surface area (Å²) in [4.78, 5) is 25.8. The van der Waals surface area contributed by atoms with Crippen LogP contribution in [0, 0.1) is 0 Å². The molecule has 7 nitrogen and oxygen atoms in total. The van der Waals surface area contributed by atoms with E-state index in [1.165, 1.54) is 19.1 Å². The summed E-state index contributed by atoms with van der Waals surface area (Å²) < 4.78 is 15.9. The molecule has 0 fully saturated rings. The number of carboxylic acids is 1. The Labute approximate surface area is 144 Å². The fourth-order valence-electron chi connectivity index (χ4n) is 2.68. The molecule has 1 N–H and O–H groups in total. The molecule has 25 heavy (non-hydrogen) atoms. The molecule has 2 aromatic carbocycles. The quantitative estimate of drug-likeness (QED) is 0.916. The van der Waals surface area contributed by atoms with Gasteiger partial charge in [0.15, 0.2) is 0 Å². The molecule has 1 heterocycles. The smallest absolute Gasteiger partial charge is 0.346 e. The first-order chi connectivity index (χ1) is 12.0. The lowest BCUT2D eigenvalue weighted by molar-refractivity contribution is -0.144. The van der Waals surface area contributed by atoms with E-state index in [4.69, 9.17) is 14.2 Å². The lowest BCUT2D eigenvalue weighted by atomic mass is 10.1. The number of carbonyl (C=O) groups excluding carboxylic acids is 1. The number of nitrogens with zero attached hydrogens (tertiary/aromatic N) is 1. The number of rotatable bonds is 4. The fraction of sp³-hybridized carbons (Fsp3) is 0.222. The number of hydrogen-bond donors (Lipinski definition) is 1. The number of hydrogen-bond acceptors (Lipinski definition) is 5.